The number of anilines is 1. The van der Waals surface area contributed by atoms with Gasteiger partial charge in [-0.05, 0) is 62.1 Å². The number of rotatable bonds is 5. The number of aryl methyl sites for hydroxylation is 2. The van der Waals surface area contributed by atoms with E-state index in [1.54, 1.807) is 4.90 Å². The molecule has 0 unspecified atom stereocenters. The summed E-state index contributed by atoms with van der Waals surface area (Å²) in [7, 11) is 0. The molecule has 1 N–H and O–H groups in total. The third-order valence-corrected chi connectivity index (χ3v) is 4.74. The number of carbonyl (C=O) groups excluding carboxylic acids is 2. The Balaban J connectivity index is 1.53. The molecule has 142 valence electrons. The van der Waals surface area contributed by atoms with Crippen LogP contribution >= 0.6 is 0 Å². The van der Waals surface area contributed by atoms with Crippen molar-refractivity contribution in [3.05, 3.63) is 59.7 Å². The van der Waals surface area contributed by atoms with Gasteiger partial charge in [0, 0.05) is 18.8 Å². The molecule has 0 bridgehead atoms. The molecule has 0 spiro atoms. The van der Waals surface area contributed by atoms with Gasteiger partial charge >= 0.3 is 0 Å². The van der Waals surface area contributed by atoms with E-state index in [4.69, 9.17) is 4.74 Å². The Morgan fingerprint density at radius 3 is 2.52 bits per heavy atom. The first-order chi connectivity index (χ1) is 13.0. The highest BCUT2D eigenvalue weighted by molar-refractivity contribution is 5.93. The van der Waals surface area contributed by atoms with Crippen molar-refractivity contribution in [3.8, 4) is 5.75 Å². The number of benzene rings is 2. The maximum absolute atomic E-state index is 12.5. The van der Waals surface area contributed by atoms with Crippen LogP contribution < -0.4 is 10.1 Å². The summed E-state index contributed by atoms with van der Waals surface area (Å²) in [6.07, 6.45) is 1.61. The molecule has 1 aliphatic rings. The monoisotopic (exact) mass is 366 g/mol. The maximum Gasteiger partial charge on any atom is 0.260 e. The Hall–Kier alpha value is -2.82. The van der Waals surface area contributed by atoms with Gasteiger partial charge < -0.3 is 15.0 Å². The Morgan fingerprint density at radius 2 is 1.81 bits per heavy atom. The third kappa shape index (κ3) is 5.33. The molecule has 0 saturated carbocycles. The Bertz CT molecular complexity index is 784. The molecule has 1 aliphatic heterocycles. The number of likely N-dealkylation sites (tertiary alicyclic amines) is 1. The minimum Gasteiger partial charge on any atom is -0.484 e. The van der Waals surface area contributed by atoms with Crippen molar-refractivity contribution in [2.24, 2.45) is 5.92 Å². The van der Waals surface area contributed by atoms with E-state index in [0.29, 0.717) is 18.8 Å². The van der Waals surface area contributed by atoms with Crippen LogP contribution in [0.15, 0.2) is 48.5 Å². The number of carbonyl (C=O) groups is 2. The average molecular weight is 366 g/mol. The van der Waals surface area contributed by atoms with Crippen molar-refractivity contribution in [1.29, 1.82) is 0 Å². The lowest BCUT2D eigenvalue weighted by atomic mass is 9.97. The highest BCUT2D eigenvalue weighted by Gasteiger charge is 2.28. The molecule has 0 aliphatic carbocycles. The summed E-state index contributed by atoms with van der Waals surface area (Å²) < 4.78 is 5.68. The minimum absolute atomic E-state index is 0.00405. The summed E-state index contributed by atoms with van der Waals surface area (Å²) in [6.45, 7) is 5.11. The minimum atomic E-state index is -0.191. The van der Waals surface area contributed by atoms with Crippen molar-refractivity contribution in [1.82, 2.24) is 4.90 Å². The van der Waals surface area contributed by atoms with Gasteiger partial charge in [-0.15, -0.1) is 0 Å². The first-order valence-electron chi connectivity index (χ1n) is 9.36. The zero-order chi connectivity index (χ0) is 19.2. The topological polar surface area (TPSA) is 58.6 Å². The van der Waals surface area contributed by atoms with E-state index < -0.39 is 0 Å². The molecule has 1 atom stereocenters. The van der Waals surface area contributed by atoms with Crippen molar-refractivity contribution in [2.75, 3.05) is 25.0 Å². The number of ether oxygens (including phenoxy) is 1. The fourth-order valence-electron chi connectivity index (χ4n) is 3.44. The lowest BCUT2D eigenvalue weighted by Gasteiger charge is -2.32. The van der Waals surface area contributed by atoms with Gasteiger partial charge in [-0.1, -0.05) is 24.3 Å². The van der Waals surface area contributed by atoms with E-state index in [-0.39, 0.29) is 24.3 Å². The van der Waals surface area contributed by atoms with E-state index >= 15 is 0 Å². The first kappa shape index (κ1) is 19.0. The summed E-state index contributed by atoms with van der Waals surface area (Å²) in [6, 6.07) is 15.3. The van der Waals surface area contributed by atoms with Crippen molar-refractivity contribution >= 4 is 17.5 Å². The third-order valence-electron chi connectivity index (χ3n) is 4.74. The molecular formula is C22H26N2O3. The Kier molecular flexibility index (Phi) is 6.12. The molecule has 5 heteroatoms. The zero-order valence-electron chi connectivity index (χ0n) is 15.9. The maximum atomic E-state index is 12.5. The summed E-state index contributed by atoms with van der Waals surface area (Å²) in [4.78, 5) is 26.8. The smallest absolute Gasteiger partial charge is 0.260 e. The van der Waals surface area contributed by atoms with E-state index in [1.807, 2.05) is 56.3 Å². The fraction of sp³-hybridized carbons (Fsp3) is 0.364. The molecule has 1 fully saturated rings. The molecule has 2 aromatic carbocycles. The second kappa shape index (κ2) is 8.71. The number of hydrogen-bond acceptors (Lipinski definition) is 3. The normalized spacial score (nSPS) is 16.7. The number of piperidine rings is 1. The highest BCUT2D eigenvalue weighted by atomic mass is 16.5. The van der Waals surface area contributed by atoms with Gasteiger partial charge in [0.05, 0.1) is 5.92 Å². The van der Waals surface area contributed by atoms with Crippen LogP contribution in [0.25, 0.3) is 0 Å². The molecule has 2 amide bonds. The van der Waals surface area contributed by atoms with E-state index in [2.05, 4.69) is 11.4 Å². The molecule has 0 aromatic heterocycles. The molecule has 0 radical (unpaired) electrons. The van der Waals surface area contributed by atoms with E-state index in [0.717, 1.165) is 29.7 Å². The van der Waals surface area contributed by atoms with E-state index in [1.165, 1.54) is 0 Å². The van der Waals surface area contributed by atoms with Crippen molar-refractivity contribution in [2.45, 2.75) is 26.7 Å². The van der Waals surface area contributed by atoms with Gasteiger partial charge in [-0.3, -0.25) is 9.59 Å². The second-order valence-electron chi connectivity index (χ2n) is 7.15. The molecular weight excluding hydrogens is 340 g/mol. The number of hydrogen-bond donors (Lipinski definition) is 1. The highest BCUT2D eigenvalue weighted by Crippen LogP contribution is 2.20. The lowest BCUT2D eigenvalue weighted by molar-refractivity contribution is -0.136. The van der Waals surface area contributed by atoms with Crippen LogP contribution in [0.1, 0.15) is 24.0 Å². The van der Waals surface area contributed by atoms with Gasteiger partial charge in [0.2, 0.25) is 5.91 Å². The van der Waals surface area contributed by atoms with Crippen LogP contribution in [0, 0.1) is 19.8 Å². The number of nitrogens with zero attached hydrogens (tertiary/aromatic N) is 1. The molecule has 1 saturated heterocycles. The summed E-state index contributed by atoms with van der Waals surface area (Å²) in [5, 5.41) is 2.93. The lowest BCUT2D eigenvalue weighted by Crippen LogP contribution is -2.45. The number of nitrogens with one attached hydrogen (secondary N) is 1. The number of para-hydroxylation sites is 1. The van der Waals surface area contributed by atoms with Crippen LogP contribution in [-0.4, -0.2) is 36.4 Å². The van der Waals surface area contributed by atoms with Crippen LogP contribution in [0.3, 0.4) is 0 Å². The van der Waals surface area contributed by atoms with E-state index in [9.17, 15) is 9.59 Å². The number of amides is 2. The first-order valence-corrected chi connectivity index (χ1v) is 9.36. The van der Waals surface area contributed by atoms with Crippen molar-refractivity contribution in [3.63, 3.8) is 0 Å². The largest absolute Gasteiger partial charge is 0.484 e. The summed E-state index contributed by atoms with van der Waals surface area (Å²) >= 11 is 0. The van der Waals surface area contributed by atoms with Crippen LogP contribution in [-0.2, 0) is 9.59 Å². The van der Waals surface area contributed by atoms with Crippen LogP contribution in [0.4, 0.5) is 5.69 Å². The quantitative estimate of drug-likeness (QED) is 0.880. The fourth-order valence-corrected chi connectivity index (χ4v) is 3.44. The molecule has 5 nitrogen and oxygen atoms in total. The Morgan fingerprint density at radius 1 is 1.11 bits per heavy atom. The molecule has 2 aromatic rings. The van der Waals surface area contributed by atoms with Gasteiger partial charge in [0.1, 0.15) is 5.75 Å². The second-order valence-corrected chi connectivity index (χ2v) is 7.15. The van der Waals surface area contributed by atoms with Gasteiger partial charge in [-0.2, -0.15) is 0 Å². The summed E-state index contributed by atoms with van der Waals surface area (Å²) in [5.41, 5.74) is 2.99. The van der Waals surface area contributed by atoms with Crippen LogP contribution in [0.5, 0.6) is 5.75 Å². The Labute approximate surface area is 160 Å². The SMILES string of the molecule is Cc1cc(C)cc(OCC(=O)N2CCC[C@@H](C(=O)Nc3ccccc3)C2)c1. The predicted molar refractivity (Wildman–Crippen MR) is 106 cm³/mol. The summed E-state index contributed by atoms with van der Waals surface area (Å²) in [5.74, 6) is 0.403. The standard InChI is InChI=1S/C22H26N2O3/c1-16-11-17(2)13-20(12-16)27-15-21(25)24-10-6-7-18(14-24)22(26)23-19-8-4-3-5-9-19/h3-5,8-9,11-13,18H,6-7,10,14-15H2,1-2H3,(H,23,26)/t18-/m1/s1. The molecule has 3 rings (SSSR count). The van der Waals surface area contributed by atoms with Gasteiger partial charge in [0.25, 0.3) is 5.91 Å². The van der Waals surface area contributed by atoms with Crippen LogP contribution in [0.2, 0.25) is 0 Å². The predicted octanol–water partition coefficient (Wildman–Crippen LogP) is 3.56. The van der Waals surface area contributed by atoms with Crippen molar-refractivity contribution < 1.29 is 14.3 Å². The van der Waals surface area contributed by atoms with Gasteiger partial charge in [0.15, 0.2) is 6.61 Å². The average Bonchev–Trinajstić information content (AvgIpc) is 2.66. The van der Waals surface area contributed by atoms with Gasteiger partial charge in [-0.25, -0.2) is 0 Å². The molecule has 27 heavy (non-hydrogen) atoms. The zero-order valence-corrected chi connectivity index (χ0v) is 15.9. The molecule has 1 heterocycles.